The maximum absolute atomic E-state index is 11.2. The summed E-state index contributed by atoms with van der Waals surface area (Å²) in [6, 6.07) is 3.68. The predicted molar refractivity (Wildman–Crippen MR) is 88.1 cm³/mol. The van der Waals surface area contributed by atoms with Crippen LogP contribution in [0.1, 0.15) is 17.5 Å². The normalized spacial score (nSPS) is 38.2. The van der Waals surface area contributed by atoms with E-state index in [2.05, 4.69) is 18.0 Å². The lowest BCUT2D eigenvalue weighted by Crippen LogP contribution is -2.64. The molecule has 1 saturated heterocycles. The monoisotopic (exact) mass is 365 g/mol. The summed E-state index contributed by atoms with van der Waals surface area (Å²) in [7, 11) is -2.54. The summed E-state index contributed by atoms with van der Waals surface area (Å²) in [5.74, 6) is 0.513. The van der Waals surface area contributed by atoms with Crippen molar-refractivity contribution in [1.29, 1.82) is 0 Å². The Labute approximate surface area is 145 Å². The van der Waals surface area contributed by atoms with Crippen LogP contribution in [-0.2, 0) is 22.2 Å². The molecule has 5 atom stereocenters. The Hall–Kier alpha value is -1.61. The molecule has 1 fully saturated rings. The Bertz CT molecular complexity index is 897. The third-order valence-electron chi connectivity index (χ3n) is 6.33. The van der Waals surface area contributed by atoms with Gasteiger partial charge in [-0.3, -0.25) is 4.55 Å². The SMILES string of the molecule is CN1CC[C@]23c4c5ccc(OS(=O)(=O)O)c4O[C@@H]2[C@@H](O)C=C[C@H]3[C@@H]1C5. The van der Waals surface area contributed by atoms with Crippen molar-refractivity contribution in [3.8, 4) is 11.5 Å². The van der Waals surface area contributed by atoms with E-state index in [0.717, 1.165) is 30.5 Å². The third-order valence-corrected chi connectivity index (χ3v) is 6.72. The smallest absolute Gasteiger partial charge is 0.446 e. The quantitative estimate of drug-likeness (QED) is 0.587. The van der Waals surface area contributed by atoms with Crippen LogP contribution in [0.2, 0.25) is 0 Å². The highest BCUT2D eigenvalue weighted by Gasteiger charge is 2.64. The molecule has 2 heterocycles. The van der Waals surface area contributed by atoms with Crippen molar-refractivity contribution in [1.82, 2.24) is 4.90 Å². The number of piperidine rings is 1. The van der Waals surface area contributed by atoms with Gasteiger partial charge in [-0.15, -0.1) is 0 Å². The van der Waals surface area contributed by atoms with Gasteiger partial charge < -0.3 is 18.9 Å². The van der Waals surface area contributed by atoms with Crippen molar-refractivity contribution in [2.24, 2.45) is 5.92 Å². The Morgan fingerprint density at radius 1 is 1.36 bits per heavy atom. The molecule has 1 aromatic carbocycles. The van der Waals surface area contributed by atoms with E-state index in [-0.39, 0.29) is 17.1 Å². The van der Waals surface area contributed by atoms with Crippen LogP contribution in [0.25, 0.3) is 0 Å². The second-order valence-corrected chi connectivity index (χ2v) is 8.44. The summed E-state index contributed by atoms with van der Waals surface area (Å²) in [5, 5.41) is 10.5. The second kappa shape index (κ2) is 4.76. The minimum absolute atomic E-state index is 0.0200. The molecule has 25 heavy (non-hydrogen) atoms. The molecule has 0 saturated carbocycles. The molecule has 4 aliphatic rings. The molecule has 2 N–H and O–H groups in total. The molecular weight excluding hydrogens is 346 g/mol. The van der Waals surface area contributed by atoms with Gasteiger partial charge in [-0.25, -0.2) is 0 Å². The summed E-state index contributed by atoms with van der Waals surface area (Å²) in [6.07, 6.45) is 4.26. The third kappa shape index (κ3) is 1.93. The molecule has 7 nitrogen and oxygen atoms in total. The Balaban J connectivity index is 1.76. The van der Waals surface area contributed by atoms with E-state index in [0.29, 0.717) is 11.8 Å². The van der Waals surface area contributed by atoms with E-state index in [1.54, 1.807) is 6.08 Å². The molecular formula is C17H19NO6S. The fourth-order valence-corrected chi connectivity index (χ4v) is 5.77. The van der Waals surface area contributed by atoms with Crippen LogP contribution in [-0.4, -0.2) is 54.8 Å². The van der Waals surface area contributed by atoms with E-state index >= 15 is 0 Å². The Morgan fingerprint density at radius 2 is 2.16 bits per heavy atom. The minimum Gasteiger partial charge on any atom is -0.482 e. The number of aliphatic hydroxyl groups excluding tert-OH is 1. The first kappa shape index (κ1) is 15.6. The van der Waals surface area contributed by atoms with Gasteiger partial charge in [-0.2, -0.15) is 8.42 Å². The van der Waals surface area contributed by atoms with Crippen molar-refractivity contribution in [2.45, 2.75) is 36.5 Å². The average molecular weight is 365 g/mol. The molecule has 0 unspecified atom stereocenters. The van der Waals surface area contributed by atoms with Crippen LogP contribution >= 0.6 is 0 Å². The number of rotatable bonds is 2. The first-order valence-corrected chi connectivity index (χ1v) is 9.74. The summed E-state index contributed by atoms with van der Waals surface area (Å²) < 4.78 is 42.3. The van der Waals surface area contributed by atoms with Crippen LogP contribution in [0.15, 0.2) is 24.3 Å². The molecule has 2 bridgehead atoms. The number of nitrogens with zero attached hydrogens (tertiary/aromatic N) is 1. The number of likely N-dealkylation sites (tertiary alicyclic amines) is 1. The zero-order valence-electron chi connectivity index (χ0n) is 13.6. The molecule has 2 aliphatic carbocycles. The molecule has 0 amide bonds. The first-order chi connectivity index (χ1) is 11.8. The van der Waals surface area contributed by atoms with Crippen molar-refractivity contribution in [3.63, 3.8) is 0 Å². The van der Waals surface area contributed by atoms with Gasteiger partial charge in [0.2, 0.25) is 0 Å². The molecule has 5 rings (SSSR count). The number of hydrogen-bond donors (Lipinski definition) is 2. The van der Waals surface area contributed by atoms with Crippen molar-refractivity contribution >= 4 is 10.4 Å². The summed E-state index contributed by atoms with van der Waals surface area (Å²) in [6.45, 7) is 0.879. The van der Waals surface area contributed by atoms with Gasteiger partial charge in [0.25, 0.3) is 0 Å². The summed E-state index contributed by atoms with van der Waals surface area (Å²) in [4.78, 5) is 2.35. The maximum atomic E-state index is 11.2. The van der Waals surface area contributed by atoms with Gasteiger partial charge in [0.1, 0.15) is 12.2 Å². The van der Waals surface area contributed by atoms with E-state index in [1.807, 2.05) is 6.07 Å². The fourth-order valence-electron chi connectivity index (χ4n) is 5.41. The van der Waals surface area contributed by atoms with Crippen molar-refractivity contribution in [2.75, 3.05) is 13.6 Å². The van der Waals surface area contributed by atoms with Crippen LogP contribution in [0.4, 0.5) is 0 Å². The number of likely N-dealkylation sites (N-methyl/N-ethyl adjacent to an activating group) is 1. The van der Waals surface area contributed by atoms with Gasteiger partial charge in [-0.1, -0.05) is 18.2 Å². The summed E-state index contributed by atoms with van der Waals surface area (Å²) in [5.41, 5.74) is 1.65. The highest BCUT2D eigenvalue weighted by Crippen LogP contribution is 2.62. The van der Waals surface area contributed by atoms with Crippen LogP contribution < -0.4 is 8.92 Å². The Kier molecular flexibility index (Phi) is 2.98. The van der Waals surface area contributed by atoms with Gasteiger partial charge >= 0.3 is 10.4 Å². The lowest BCUT2D eigenvalue weighted by atomic mass is 9.53. The van der Waals surface area contributed by atoms with Crippen molar-refractivity contribution in [3.05, 3.63) is 35.4 Å². The highest BCUT2D eigenvalue weighted by molar-refractivity contribution is 7.81. The molecule has 1 aromatic rings. The Morgan fingerprint density at radius 3 is 2.92 bits per heavy atom. The second-order valence-electron chi connectivity index (χ2n) is 7.42. The zero-order chi connectivity index (χ0) is 17.6. The van der Waals surface area contributed by atoms with E-state index in [9.17, 15) is 13.5 Å². The van der Waals surface area contributed by atoms with Crippen LogP contribution in [0, 0.1) is 5.92 Å². The van der Waals surface area contributed by atoms with E-state index in [1.165, 1.54) is 6.07 Å². The fraction of sp³-hybridized carbons (Fsp3) is 0.529. The number of hydrogen-bond acceptors (Lipinski definition) is 6. The van der Waals surface area contributed by atoms with E-state index in [4.69, 9.17) is 13.5 Å². The lowest BCUT2D eigenvalue weighted by Gasteiger charge is -2.56. The van der Waals surface area contributed by atoms with Gasteiger partial charge in [0.05, 0.1) is 0 Å². The zero-order valence-corrected chi connectivity index (χ0v) is 14.4. The lowest BCUT2D eigenvalue weighted by molar-refractivity contribution is -0.0452. The summed E-state index contributed by atoms with van der Waals surface area (Å²) >= 11 is 0. The topological polar surface area (TPSA) is 96.3 Å². The number of ether oxygens (including phenoxy) is 1. The molecule has 0 aromatic heterocycles. The predicted octanol–water partition coefficient (Wildman–Crippen LogP) is 0.674. The van der Waals surface area contributed by atoms with Crippen LogP contribution in [0.3, 0.4) is 0 Å². The highest BCUT2D eigenvalue weighted by atomic mass is 32.3. The van der Waals surface area contributed by atoms with Gasteiger partial charge in [0.15, 0.2) is 11.5 Å². The molecule has 1 spiro atoms. The van der Waals surface area contributed by atoms with Crippen LogP contribution in [0.5, 0.6) is 11.5 Å². The first-order valence-electron chi connectivity index (χ1n) is 8.38. The van der Waals surface area contributed by atoms with Gasteiger partial charge in [0, 0.05) is 22.9 Å². The largest absolute Gasteiger partial charge is 0.482 e. The standard InChI is InChI=1S/C17H19NO6S/c1-18-7-6-17-10-3-4-12(19)16(17)23-15-13(24-25(20,21)22)5-2-9(14(15)17)8-11(10)18/h2-5,10-12,16,19H,6-8H2,1H3,(H,20,21,22)/t10-,11-,12-,16+,17-/m0/s1. The van der Waals surface area contributed by atoms with Crippen molar-refractivity contribution < 1.29 is 27.0 Å². The molecule has 134 valence electrons. The number of benzene rings is 1. The minimum atomic E-state index is -4.65. The maximum Gasteiger partial charge on any atom is 0.446 e. The molecule has 2 aliphatic heterocycles. The molecule has 8 heteroatoms. The molecule has 0 radical (unpaired) electrons. The average Bonchev–Trinajstić information content (AvgIpc) is 2.88. The van der Waals surface area contributed by atoms with Gasteiger partial charge in [-0.05, 0) is 38.1 Å². The number of aliphatic hydroxyl groups is 1. The van der Waals surface area contributed by atoms with E-state index < -0.39 is 22.6 Å².